The van der Waals surface area contributed by atoms with Crippen LogP contribution in [0.5, 0.6) is 0 Å². The summed E-state index contributed by atoms with van der Waals surface area (Å²) in [5, 5.41) is 3.42. The van der Waals surface area contributed by atoms with Crippen LogP contribution in [0.15, 0.2) is 0 Å². The number of aromatic nitrogens is 2. The first-order chi connectivity index (χ1) is 9.80. The molecule has 0 aliphatic heterocycles. The molecule has 0 fully saturated rings. The molecule has 0 saturated carbocycles. The third-order valence-corrected chi connectivity index (χ3v) is 3.82. The highest BCUT2D eigenvalue weighted by Gasteiger charge is 2.20. The normalized spacial score (nSPS) is 16.4. The molecule has 1 aliphatic rings. The minimum Gasteiger partial charge on any atom is -0.371 e. The Labute approximate surface area is 122 Å². The third kappa shape index (κ3) is 3.48. The third-order valence-electron chi connectivity index (χ3n) is 3.82. The summed E-state index contributed by atoms with van der Waals surface area (Å²) in [5.41, 5.74) is 2.57. The van der Waals surface area contributed by atoms with Crippen molar-refractivity contribution >= 4 is 5.82 Å². The maximum Gasteiger partial charge on any atom is 0.159 e. The van der Waals surface area contributed by atoms with Gasteiger partial charge in [-0.25, -0.2) is 9.97 Å². The Bertz CT molecular complexity index is 434. The first-order valence-electron chi connectivity index (χ1n) is 8.05. The van der Waals surface area contributed by atoms with E-state index in [4.69, 9.17) is 14.7 Å². The fraction of sp³-hybridized carbons (Fsp3) is 0.750. The lowest BCUT2D eigenvalue weighted by Crippen LogP contribution is -2.15. The Kier molecular flexibility index (Phi) is 5.77. The van der Waals surface area contributed by atoms with Gasteiger partial charge in [-0.15, -0.1) is 0 Å². The fourth-order valence-corrected chi connectivity index (χ4v) is 2.82. The number of hydrogen-bond acceptors (Lipinski definition) is 4. The second-order valence-corrected chi connectivity index (χ2v) is 5.30. The van der Waals surface area contributed by atoms with Gasteiger partial charge in [0, 0.05) is 24.4 Å². The Balaban J connectivity index is 2.38. The van der Waals surface area contributed by atoms with Crippen LogP contribution in [0.4, 0.5) is 5.82 Å². The smallest absolute Gasteiger partial charge is 0.159 e. The number of anilines is 1. The molecule has 20 heavy (non-hydrogen) atoms. The summed E-state index contributed by atoms with van der Waals surface area (Å²) < 4.78 is 5.78. The predicted molar refractivity (Wildman–Crippen MR) is 82.1 cm³/mol. The zero-order chi connectivity index (χ0) is 14.4. The Morgan fingerprint density at radius 2 is 1.90 bits per heavy atom. The van der Waals surface area contributed by atoms with Crippen molar-refractivity contribution in [2.45, 2.75) is 65.4 Å². The molecular weight excluding hydrogens is 250 g/mol. The average molecular weight is 277 g/mol. The van der Waals surface area contributed by atoms with Gasteiger partial charge in [0.2, 0.25) is 0 Å². The quantitative estimate of drug-likeness (QED) is 0.806. The number of hydrogen-bond donors (Lipinski definition) is 1. The zero-order valence-corrected chi connectivity index (χ0v) is 13.0. The van der Waals surface area contributed by atoms with Crippen LogP contribution in [0.2, 0.25) is 0 Å². The summed E-state index contributed by atoms with van der Waals surface area (Å²) in [4.78, 5) is 9.59. The summed E-state index contributed by atoms with van der Waals surface area (Å²) >= 11 is 0. The van der Waals surface area contributed by atoms with E-state index in [2.05, 4.69) is 19.2 Å². The highest BCUT2D eigenvalue weighted by atomic mass is 16.5. The van der Waals surface area contributed by atoms with Crippen LogP contribution in [0.25, 0.3) is 0 Å². The molecule has 1 atom stereocenters. The lowest BCUT2D eigenvalue weighted by Gasteiger charge is -2.18. The number of fused-ring (bicyclic) bond motifs is 1. The van der Waals surface area contributed by atoms with Gasteiger partial charge in [0.15, 0.2) is 5.82 Å². The molecule has 0 bridgehead atoms. The Hall–Kier alpha value is -1.16. The topological polar surface area (TPSA) is 47.0 Å². The first-order valence-corrected chi connectivity index (χ1v) is 8.05. The van der Waals surface area contributed by atoms with Crippen molar-refractivity contribution in [1.29, 1.82) is 0 Å². The van der Waals surface area contributed by atoms with E-state index in [0.29, 0.717) is 6.61 Å². The van der Waals surface area contributed by atoms with Gasteiger partial charge in [-0.05, 0) is 46.0 Å². The van der Waals surface area contributed by atoms with Crippen LogP contribution in [0.1, 0.15) is 69.6 Å². The van der Waals surface area contributed by atoms with Crippen LogP contribution in [-0.2, 0) is 17.6 Å². The fourth-order valence-electron chi connectivity index (χ4n) is 2.82. The van der Waals surface area contributed by atoms with Crippen molar-refractivity contribution < 1.29 is 4.74 Å². The van der Waals surface area contributed by atoms with Crippen LogP contribution < -0.4 is 5.32 Å². The summed E-state index contributed by atoms with van der Waals surface area (Å²) in [6.45, 7) is 7.87. The maximum absolute atomic E-state index is 5.78. The van der Waals surface area contributed by atoms with Gasteiger partial charge in [-0.2, -0.15) is 0 Å². The highest BCUT2D eigenvalue weighted by Crippen LogP contribution is 2.28. The lowest BCUT2D eigenvalue weighted by molar-refractivity contribution is 0.0534. The highest BCUT2D eigenvalue weighted by molar-refractivity contribution is 5.47. The molecule has 0 amide bonds. The van der Waals surface area contributed by atoms with Gasteiger partial charge < -0.3 is 10.1 Å². The second kappa shape index (κ2) is 7.58. The van der Waals surface area contributed by atoms with Crippen LogP contribution in [0, 0.1) is 0 Å². The van der Waals surface area contributed by atoms with Gasteiger partial charge in [0.05, 0.1) is 0 Å². The molecule has 1 heterocycles. The molecule has 112 valence electrons. The Morgan fingerprint density at radius 3 is 2.60 bits per heavy atom. The minimum absolute atomic E-state index is 0.0194. The molecule has 1 aromatic heterocycles. The number of nitrogens with one attached hydrogen (secondary N) is 1. The van der Waals surface area contributed by atoms with Crippen molar-refractivity contribution in [1.82, 2.24) is 9.97 Å². The number of rotatable bonds is 6. The van der Waals surface area contributed by atoms with Crippen molar-refractivity contribution in [3.63, 3.8) is 0 Å². The molecule has 0 saturated heterocycles. The molecule has 0 aromatic carbocycles. The minimum atomic E-state index is 0.0194. The lowest BCUT2D eigenvalue weighted by atomic mass is 10.1. The standard InChI is InChI=1S/C16H27N3O/c1-4-14(20-6-3)16-18-13-11-9-7-8-10-12(13)15(19-16)17-5-2/h14H,4-11H2,1-3H3,(H,17,18,19). The van der Waals surface area contributed by atoms with E-state index < -0.39 is 0 Å². The molecule has 0 spiro atoms. The number of nitrogens with zero attached hydrogens (tertiary/aromatic N) is 2. The summed E-state index contributed by atoms with van der Waals surface area (Å²) in [6, 6.07) is 0. The van der Waals surface area contributed by atoms with Crippen LogP contribution in [-0.4, -0.2) is 23.1 Å². The molecule has 1 aromatic rings. The summed E-state index contributed by atoms with van der Waals surface area (Å²) in [5.74, 6) is 1.89. The van der Waals surface area contributed by atoms with Crippen LogP contribution in [0.3, 0.4) is 0 Å². The summed E-state index contributed by atoms with van der Waals surface area (Å²) in [6.07, 6.45) is 6.88. The predicted octanol–water partition coefficient (Wildman–Crippen LogP) is 3.66. The maximum atomic E-state index is 5.78. The first kappa shape index (κ1) is 15.2. The van der Waals surface area contributed by atoms with Gasteiger partial charge >= 0.3 is 0 Å². The van der Waals surface area contributed by atoms with Crippen molar-refractivity contribution in [3.8, 4) is 0 Å². The zero-order valence-electron chi connectivity index (χ0n) is 13.0. The number of aryl methyl sites for hydroxylation is 1. The molecule has 4 heteroatoms. The van der Waals surface area contributed by atoms with Crippen molar-refractivity contribution in [3.05, 3.63) is 17.1 Å². The van der Waals surface area contributed by atoms with Crippen molar-refractivity contribution in [2.75, 3.05) is 18.5 Å². The second-order valence-electron chi connectivity index (χ2n) is 5.30. The molecule has 1 N–H and O–H groups in total. The van der Waals surface area contributed by atoms with Crippen molar-refractivity contribution in [2.24, 2.45) is 0 Å². The van der Waals surface area contributed by atoms with Gasteiger partial charge in [0.25, 0.3) is 0 Å². The van der Waals surface area contributed by atoms with E-state index in [0.717, 1.165) is 37.4 Å². The molecule has 1 unspecified atom stereocenters. The van der Waals surface area contributed by atoms with Gasteiger partial charge in [0.1, 0.15) is 11.9 Å². The van der Waals surface area contributed by atoms with Gasteiger partial charge in [-0.1, -0.05) is 13.3 Å². The van der Waals surface area contributed by atoms with Crippen LogP contribution >= 0.6 is 0 Å². The molecule has 1 aliphatic carbocycles. The molecule has 4 nitrogen and oxygen atoms in total. The SMILES string of the molecule is CCNc1nc(C(CC)OCC)nc2c1CCCCC2. The monoisotopic (exact) mass is 277 g/mol. The van der Waals surface area contributed by atoms with E-state index in [1.165, 1.54) is 30.5 Å². The van der Waals surface area contributed by atoms with E-state index in [9.17, 15) is 0 Å². The van der Waals surface area contributed by atoms with E-state index in [1.807, 2.05) is 6.92 Å². The molecule has 0 radical (unpaired) electrons. The van der Waals surface area contributed by atoms with Gasteiger partial charge in [-0.3, -0.25) is 0 Å². The van der Waals surface area contributed by atoms with E-state index in [1.54, 1.807) is 0 Å². The Morgan fingerprint density at radius 1 is 1.10 bits per heavy atom. The molecule has 2 rings (SSSR count). The average Bonchev–Trinajstić information content (AvgIpc) is 2.70. The van der Waals surface area contributed by atoms with E-state index in [-0.39, 0.29) is 6.10 Å². The largest absolute Gasteiger partial charge is 0.371 e. The van der Waals surface area contributed by atoms with E-state index >= 15 is 0 Å². The number of ether oxygens (including phenoxy) is 1. The summed E-state index contributed by atoms with van der Waals surface area (Å²) in [7, 11) is 0. The molecular formula is C16H27N3O.